The van der Waals surface area contributed by atoms with E-state index in [1.165, 1.54) is 13.1 Å². The summed E-state index contributed by atoms with van der Waals surface area (Å²) < 4.78 is 14.8. The van der Waals surface area contributed by atoms with E-state index in [0.717, 1.165) is 18.5 Å². The summed E-state index contributed by atoms with van der Waals surface area (Å²) in [6.45, 7) is 14.3. The highest BCUT2D eigenvalue weighted by Crippen LogP contribution is 2.65. The molecule has 0 radical (unpaired) electrons. The molecule has 216 valence electrons. The van der Waals surface area contributed by atoms with Crippen LogP contribution >= 0.6 is 0 Å². The summed E-state index contributed by atoms with van der Waals surface area (Å²) >= 11 is 0. The molecule has 7 atom stereocenters. The Kier molecular flexibility index (Phi) is 7.65. The highest BCUT2D eigenvalue weighted by Gasteiger charge is 2.68. The third-order valence-electron chi connectivity index (χ3n) is 9.66. The lowest BCUT2D eigenvalue weighted by Gasteiger charge is -2.64. The van der Waals surface area contributed by atoms with Crippen molar-refractivity contribution in [1.29, 1.82) is 0 Å². The van der Waals surface area contributed by atoms with E-state index < -0.39 is 42.6 Å². The van der Waals surface area contributed by atoms with E-state index in [-0.39, 0.29) is 17.4 Å². The summed E-state index contributed by atoms with van der Waals surface area (Å²) in [5.74, 6) is -0.0663. The Hall–Kier alpha value is -2.69. The molecule has 4 fully saturated rings. The first-order valence-corrected chi connectivity index (χ1v) is 14.6. The quantitative estimate of drug-likeness (QED) is 0.412. The van der Waals surface area contributed by atoms with Gasteiger partial charge in [-0.05, 0) is 75.3 Å². The maximum absolute atomic E-state index is 13.6. The average molecular weight is 551 g/mol. The largest absolute Gasteiger partial charge is 0.481 e. The molecule has 2 bridgehead atoms. The number of aliphatic hydroxyl groups is 1. The SMILES string of the molecule is Cc1c(C(=O)N[C@H](C(=O)N[C@@H](CC(C)C)B2O[C@@H]3C[C@H]4C[C@@H](C4(C)C)[C@]3(C)O2)[C@@H](C)O)cnn1-c1ccccc1. The first-order valence-electron chi connectivity index (χ1n) is 14.6. The summed E-state index contributed by atoms with van der Waals surface area (Å²) in [7, 11) is -0.590. The number of nitrogens with zero attached hydrogens (tertiary/aromatic N) is 2. The number of carbonyl (C=O) groups excluding carboxylic acids is 2. The molecule has 9 nitrogen and oxygen atoms in total. The first-order chi connectivity index (χ1) is 18.8. The van der Waals surface area contributed by atoms with Gasteiger partial charge in [-0.2, -0.15) is 5.10 Å². The molecule has 1 aliphatic heterocycles. The Morgan fingerprint density at radius 1 is 1.15 bits per heavy atom. The van der Waals surface area contributed by atoms with E-state index in [1.54, 1.807) is 11.6 Å². The number of amides is 2. The topological polar surface area (TPSA) is 115 Å². The predicted molar refractivity (Wildman–Crippen MR) is 153 cm³/mol. The van der Waals surface area contributed by atoms with Gasteiger partial charge in [-0.1, -0.05) is 45.9 Å². The molecule has 3 saturated carbocycles. The van der Waals surface area contributed by atoms with Crippen molar-refractivity contribution in [2.45, 2.75) is 97.5 Å². The van der Waals surface area contributed by atoms with Gasteiger partial charge in [0.1, 0.15) is 6.04 Å². The van der Waals surface area contributed by atoms with Crippen LogP contribution in [0.4, 0.5) is 0 Å². The number of nitrogens with one attached hydrogen (secondary N) is 2. The summed E-state index contributed by atoms with van der Waals surface area (Å²) in [5, 5.41) is 20.7. The third kappa shape index (κ3) is 4.99. The maximum Gasteiger partial charge on any atom is 0.481 e. The fourth-order valence-corrected chi connectivity index (χ4v) is 7.18. The highest BCUT2D eigenvalue weighted by atomic mass is 16.7. The van der Waals surface area contributed by atoms with Crippen LogP contribution < -0.4 is 10.6 Å². The molecule has 2 heterocycles. The van der Waals surface area contributed by atoms with Gasteiger partial charge in [0.15, 0.2) is 0 Å². The fraction of sp³-hybridized carbons (Fsp3) is 0.633. The lowest BCUT2D eigenvalue weighted by Crippen LogP contribution is -2.65. The Morgan fingerprint density at radius 3 is 2.48 bits per heavy atom. The third-order valence-corrected chi connectivity index (χ3v) is 9.66. The second kappa shape index (κ2) is 10.6. The Balaban J connectivity index is 1.30. The second-order valence-corrected chi connectivity index (χ2v) is 13.2. The van der Waals surface area contributed by atoms with E-state index in [4.69, 9.17) is 9.31 Å². The minimum absolute atomic E-state index is 0.00256. The standard InChI is InChI=1S/C30H43BN4O5/c1-17(2)13-25(31-39-24-15-20-14-23(29(20,5)6)30(24,7)40-31)33-28(38)26(19(4)36)34-27(37)22-16-32-35(18(22)3)21-11-9-8-10-12-21/h8-12,16-17,19-20,23-26,36H,13-15H2,1-7H3,(H,33,38)(H,34,37)/t19-,20-,23+,24-,25+,26+,30+/m1/s1. The van der Waals surface area contributed by atoms with Gasteiger partial charge >= 0.3 is 7.12 Å². The molecule has 1 aromatic carbocycles. The fourth-order valence-electron chi connectivity index (χ4n) is 7.18. The Morgan fingerprint density at radius 2 is 1.85 bits per heavy atom. The smallest absolute Gasteiger partial charge is 0.404 e. The van der Waals surface area contributed by atoms with Crippen molar-refractivity contribution in [1.82, 2.24) is 20.4 Å². The predicted octanol–water partition coefficient (Wildman–Crippen LogP) is 3.46. The van der Waals surface area contributed by atoms with Crippen LogP contribution in [0.3, 0.4) is 0 Å². The van der Waals surface area contributed by atoms with Crippen LogP contribution in [0.1, 0.15) is 76.9 Å². The number of benzene rings is 1. The number of para-hydroxylation sites is 1. The van der Waals surface area contributed by atoms with Gasteiger partial charge in [0.25, 0.3) is 5.91 Å². The zero-order valence-corrected chi connectivity index (χ0v) is 24.7. The molecule has 40 heavy (non-hydrogen) atoms. The highest BCUT2D eigenvalue weighted by molar-refractivity contribution is 6.48. The second-order valence-electron chi connectivity index (χ2n) is 13.2. The normalized spacial score (nSPS) is 28.8. The van der Waals surface area contributed by atoms with Gasteiger partial charge in [-0.25, -0.2) is 4.68 Å². The van der Waals surface area contributed by atoms with Crippen LogP contribution in [0, 0.1) is 30.1 Å². The monoisotopic (exact) mass is 550 g/mol. The number of aromatic nitrogens is 2. The average Bonchev–Trinajstić information content (AvgIpc) is 3.46. The van der Waals surface area contributed by atoms with E-state index in [2.05, 4.69) is 50.4 Å². The molecule has 1 saturated heterocycles. The lowest BCUT2D eigenvalue weighted by atomic mass is 9.43. The Labute approximate surface area is 237 Å². The molecule has 2 amide bonds. The van der Waals surface area contributed by atoms with Gasteiger partial charge < -0.3 is 25.0 Å². The molecule has 3 aliphatic carbocycles. The van der Waals surface area contributed by atoms with Crippen molar-refractivity contribution in [3.05, 3.63) is 47.8 Å². The number of aliphatic hydroxyl groups excluding tert-OH is 1. The lowest BCUT2D eigenvalue weighted by molar-refractivity contribution is -0.199. The number of rotatable bonds is 9. The number of hydrogen-bond acceptors (Lipinski definition) is 6. The van der Waals surface area contributed by atoms with Crippen LogP contribution in [0.2, 0.25) is 0 Å². The number of carbonyl (C=O) groups is 2. The summed E-state index contributed by atoms with van der Waals surface area (Å²) in [6, 6.07) is 8.34. The van der Waals surface area contributed by atoms with Crippen LogP contribution in [0.15, 0.2) is 36.5 Å². The zero-order chi connectivity index (χ0) is 29.0. The summed E-state index contributed by atoms with van der Waals surface area (Å²) in [5.41, 5.74) is 1.62. The first kappa shape index (κ1) is 28.8. The minimum Gasteiger partial charge on any atom is -0.404 e. The maximum atomic E-state index is 13.6. The molecular formula is C30H43BN4O5. The van der Waals surface area contributed by atoms with E-state index in [9.17, 15) is 14.7 Å². The van der Waals surface area contributed by atoms with Gasteiger partial charge in [-0.3, -0.25) is 9.59 Å². The Bertz CT molecular complexity index is 1250. The minimum atomic E-state index is -1.16. The van der Waals surface area contributed by atoms with E-state index in [0.29, 0.717) is 29.5 Å². The van der Waals surface area contributed by atoms with Crippen LogP contribution in [0.25, 0.3) is 5.69 Å². The molecule has 6 rings (SSSR count). The van der Waals surface area contributed by atoms with E-state index >= 15 is 0 Å². The van der Waals surface area contributed by atoms with Gasteiger partial charge in [0.05, 0.1) is 46.9 Å². The number of hydrogen-bond donors (Lipinski definition) is 3. The van der Waals surface area contributed by atoms with Crippen molar-refractivity contribution in [2.75, 3.05) is 0 Å². The zero-order valence-electron chi connectivity index (χ0n) is 24.7. The molecule has 0 spiro atoms. The summed E-state index contributed by atoms with van der Waals surface area (Å²) in [4.78, 5) is 26.8. The molecule has 2 aromatic rings. The van der Waals surface area contributed by atoms with Gasteiger partial charge in [-0.15, -0.1) is 0 Å². The molecule has 3 N–H and O–H groups in total. The molecule has 1 aromatic heterocycles. The molecule has 0 unspecified atom stereocenters. The molecular weight excluding hydrogens is 507 g/mol. The van der Waals surface area contributed by atoms with E-state index in [1.807, 2.05) is 30.3 Å². The van der Waals surface area contributed by atoms with Crippen molar-refractivity contribution >= 4 is 18.9 Å². The van der Waals surface area contributed by atoms with Crippen molar-refractivity contribution in [3.8, 4) is 5.69 Å². The van der Waals surface area contributed by atoms with Crippen molar-refractivity contribution in [3.63, 3.8) is 0 Å². The molecule has 4 aliphatic rings. The van der Waals surface area contributed by atoms with Crippen molar-refractivity contribution < 1.29 is 24.0 Å². The van der Waals surface area contributed by atoms with Crippen molar-refractivity contribution in [2.24, 2.45) is 23.2 Å². The summed E-state index contributed by atoms with van der Waals surface area (Å²) in [6.07, 6.45) is 3.10. The van der Waals surface area contributed by atoms with Gasteiger partial charge in [0, 0.05) is 0 Å². The van der Waals surface area contributed by atoms with Crippen LogP contribution in [-0.2, 0) is 14.1 Å². The van der Waals surface area contributed by atoms with Crippen LogP contribution in [0.5, 0.6) is 0 Å². The molecule has 10 heteroatoms. The van der Waals surface area contributed by atoms with Gasteiger partial charge in [0.2, 0.25) is 5.91 Å². The van der Waals surface area contributed by atoms with Crippen LogP contribution in [-0.4, -0.2) is 63.6 Å².